The molecule has 1 heterocycles. The molecule has 0 aliphatic rings. The minimum Gasteiger partial charge on any atom is -0.361 e. The number of carbonyl (C=O) groups excluding carboxylic acids is 1. The minimum absolute atomic E-state index is 0.0925. The van der Waals surface area contributed by atoms with Gasteiger partial charge in [-0.15, -0.1) is 0 Å². The monoisotopic (exact) mass is 395 g/mol. The predicted octanol–water partition coefficient (Wildman–Crippen LogP) is 2.83. The van der Waals surface area contributed by atoms with Crippen molar-refractivity contribution in [2.75, 3.05) is 26.2 Å². The Labute approximate surface area is 169 Å². The molecule has 0 radical (unpaired) electrons. The second kappa shape index (κ2) is 10.3. The first-order valence-electron chi connectivity index (χ1n) is 9.78. The van der Waals surface area contributed by atoms with Crippen LogP contribution < -0.4 is 16.0 Å². The SMILES string of the molecule is CCNC(=NCCc1c[nH]c2cc(F)ccc12)NCCNC(=O)c1ccccc1. The Hall–Kier alpha value is -3.35. The molecule has 152 valence electrons. The molecule has 29 heavy (non-hydrogen) atoms. The van der Waals surface area contributed by atoms with Gasteiger partial charge in [-0.2, -0.15) is 0 Å². The lowest BCUT2D eigenvalue weighted by Crippen LogP contribution is -2.41. The molecule has 2 aromatic carbocycles. The van der Waals surface area contributed by atoms with Gasteiger partial charge in [0.05, 0.1) is 0 Å². The fourth-order valence-corrected chi connectivity index (χ4v) is 3.04. The standard InChI is InChI=1S/C22H26FN5O/c1-2-24-22(27-13-12-25-21(29)16-6-4-3-5-7-16)26-11-10-17-15-28-20-14-18(23)8-9-19(17)20/h3-9,14-15,28H,2,10-13H2,1H3,(H,25,29)(H2,24,26,27). The van der Waals surface area contributed by atoms with Gasteiger partial charge in [-0.3, -0.25) is 9.79 Å². The normalized spacial score (nSPS) is 11.4. The number of H-pyrrole nitrogens is 1. The third-order valence-electron chi connectivity index (χ3n) is 4.46. The number of fused-ring (bicyclic) bond motifs is 1. The van der Waals surface area contributed by atoms with E-state index in [1.807, 2.05) is 31.3 Å². The summed E-state index contributed by atoms with van der Waals surface area (Å²) in [6.45, 7) is 4.40. The summed E-state index contributed by atoms with van der Waals surface area (Å²) in [5, 5.41) is 10.3. The highest BCUT2D eigenvalue weighted by Crippen LogP contribution is 2.19. The van der Waals surface area contributed by atoms with Crippen molar-refractivity contribution >= 4 is 22.8 Å². The highest BCUT2D eigenvalue weighted by atomic mass is 19.1. The first kappa shape index (κ1) is 20.4. The Morgan fingerprint density at radius 2 is 1.86 bits per heavy atom. The molecule has 0 fully saturated rings. The molecular weight excluding hydrogens is 369 g/mol. The highest BCUT2D eigenvalue weighted by molar-refractivity contribution is 5.94. The maximum absolute atomic E-state index is 13.3. The molecular formula is C22H26FN5O. The van der Waals surface area contributed by atoms with E-state index in [4.69, 9.17) is 0 Å². The van der Waals surface area contributed by atoms with Crippen molar-refractivity contribution in [2.45, 2.75) is 13.3 Å². The highest BCUT2D eigenvalue weighted by Gasteiger charge is 2.06. The van der Waals surface area contributed by atoms with E-state index in [1.54, 1.807) is 18.2 Å². The number of benzene rings is 2. The van der Waals surface area contributed by atoms with Gasteiger partial charge in [-0.05, 0) is 49.2 Å². The van der Waals surface area contributed by atoms with Crippen LogP contribution >= 0.6 is 0 Å². The van der Waals surface area contributed by atoms with Crippen LogP contribution in [0.5, 0.6) is 0 Å². The largest absolute Gasteiger partial charge is 0.361 e. The van der Waals surface area contributed by atoms with Crippen LogP contribution in [-0.2, 0) is 6.42 Å². The number of carbonyl (C=O) groups is 1. The van der Waals surface area contributed by atoms with Gasteiger partial charge < -0.3 is 20.9 Å². The first-order valence-corrected chi connectivity index (χ1v) is 9.78. The molecule has 0 saturated heterocycles. The zero-order valence-corrected chi connectivity index (χ0v) is 16.5. The van der Waals surface area contributed by atoms with Crippen LogP contribution in [0.4, 0.5) is 4.39 Å². The molecule has 7 heteroatoms. The van der Waals surface area contributed by atoms with E-state index in [0.29, 0.717) is 31.2 Å². The summed E-state index contributed by atoms with van der Waals surface area (Å²) in [6.07, 6.45) is 2.64. The van der Waals surface area contributed by atoms with Crippen molar-refractivity contribution in [3.8, 4) is 0 Å². The number of nitrogens with one attached hydrogen (secondary N) is 4. The molecule has 0 aliphatic heterocycles. The van der Waals surface area contributed by atoms with Gasteiger partial charge >= 0.3 is 0 Å². The number of nitrogens with zero attached hydrogens (tertiary/aromatic N) is 1. The van der Waals surface area contributed by atoms with Gasteiger partial charge in [0.15, 0.2) is 5.96 Å². The quantitative estimate of drug-likeness (QED) is 0.269. The Morgan fingerprint density at radius 1 is 1.07 bits per heavy atom. The van der Waals surface area contributed by atoms with Gasteiger partial charge in [0.2, 0.25) is 0 Å². The number of guanidine groups is 1. The van der Waals surface area contributed by atoms with E-state index in [0.717, 1.165) is 29.4 Å². The van der Waals surface area contributed by atoms with Crippen LogP contribution in [0.25, 0.3) is 10.9 Å². The zero-order valence-electron chi connectivity index (χ0n) is 16.5. The molecule has 3 aromatic rings. The third-order valence-corrected chi connectivity index (χ3v) is 4.46. The zero-order chi connectivity index (χ0) is 20.5. The molecule has 0 unspecified atom stereocenters. The number of hydrogen-bond donors (Lipinski definition) is 4. The Bertz CT molecular complexity index is 968. The van der Waals surface area contributed by atoms with E-state index in [-0.39, 0.29) is 11.7 Å². The molecule has 1 aromatic heterocycles. The summed E-state index contributed by atoms with van der Waals surface area (Å²) in [7, 11) is 0. The average Bonchev–Trinajstić information content (AvgIpc) is 3.13. The van der Waals surface area contributed by atoms with Gasteiger partial charge in [0, 0.05) is 48.8 Å². The van der Waals surface area contributed by atoms with Gasteiger partial charge in [-0.1, -0.05) is 18.2 Å². The van der Waals surface area contributed by atoms with Crippen molar-refractivity contribution in [2.24, 2.45) is 4.99 Å². The second-order valence-corrected chi connectivity index (χ2v) is 6.56. The maximum atomic E-state index is 13.3. The molecule has 0 spiro atoms. The van der Waals surface area contributed by atoms with Crippen molar-refractivity contribution in [1.29, 1.82) is 0 Å². The van der Waals surface area contributed by atoms with Gasteiger partial charge in [-0.25, -0.2) is 4.39 Å². The summed E-state index contributed by atoms with van der Waals surface area (Å²) < 4.78 is 13.3. The Balaban J connectivity index is 1.47. The molecule has 0 aliphatic carbocycles. The predicted molar refractivity (Wildman–Crippen MR) is 115 cm³/mol. The van der Waals surface area contributed by atoms with Crippen molar-refractivity contribution in [3.05, 3.63) is 71.7 Å². The van der Waals surface area contributed by atoms with E-state index in [9.17, 15) is 9.18 Å². The minimum atomic E-state index is -0.248. The first-order chi connectivity index (χ1) is 14.2. The lowest BCUT2D eigenvalue weighted by molar-refractivity contribution is 0.0954. The smallest absolute Gasteiger partial charge is 0.251 e. The summed E-state index contributed by atoms with van der Waals surface area (Å²) in [5.74, 6) is 0.361. The topological polar surface area (TPSA) is 81.3 Å². The fourth-order valence-electron chi connectivity index (χ4n) is 3.04. The summed E-state index contributed by atoms with van der Waals surface area (Å²) in [4.78, 5) is 19.7. The number of amides is 1. The Morgan fingerprint density at radius 3 is 2.66 bits per heavy atom. The fraction of sp³-hybridized carbons (Fsp3) is 0.273. The third kappa shape index (κ3) is 5.81. The van der Waals surface area contributed by atoms with E-state index in [2.05, 4.69) is 25.9 Å². The van der Waals surface area contributed by atoms with Crippen molar-refractivity contribution < 1.29 is 9.18 Å². The van der Waals surface area contributed by atoms with Crippen LogP contribution in [0.2, 0.25) is 0 Å². The van der Waals surface area contributed by atoms with Crippen molar-refractivity contribution in [1.82, 2.24) is 20.9 Å². The van der Waals surface area contributed by atoms with E-state index in [1.165, 1.54) is 12.1 Å². The lowest BCUT2D eigenvalue weighted by atomic mass is 10.1. The number of aliphatic imine (C=N–C) groups is 1. The van der Waals surface area contributed by atoms with Crippen LogP contribution in [-0.4, -0.2) is 43.0 Å². The molecule has 0 atom stereocenters. The lowest BCUT2D eigenvalue weighted by Gasteiger charge is -2.12. The van der Waals surface area contributed by atoms with E-state index < -0.39 is 0 Å². The molecule has 0 saturated carbocycles. The van der Waals surface area contributed by atoms with Crippen molar-refractivity contribution in [3.63, 3.8) is 0 Å². The van der Waals surface area contributed by atoms with E-state index >= 15 is 0 Å². The van der Waals surface area contributed by atoms with Gasteiger partial charge in [0.25, 0.3) is 5.91 Å². The van der Waals surface area contributed by atoms with Crippen LogP contribution in [0.3, 0.4) is 0 Å². The van der Waals surface area contributed by atoms with Crippen LogP contribution in [0, 0.1) is 5.82 Å². The molecule has 6 nitrogen and oxygen atoms in total. The second-order valence-electron chi connectivity index (χ2n) is 6.56. The molecule has 0 bridgehead atoms. The van der Waals surface area contributed by atoms with Crippen LogP contribution in [0.1, 0.15) is 22.8 Å². The maximum Gasteiger partial charge on any atom is 0.251 e. The molecule has 1 amide bonds. The molecule has 4 N–H and O–H groups in total. The van der Waals surface area contributed by atoms with Crippen LogP contribution in [0.15, 0.2) is 59.7 Å². The number of halogens is 1. The number of aromatic nitrogens is 1. The summed E-state index contributed by atoms with van der Waals surface area (Å²) in [5.41, 5.74) is 2.55. The number of aromatic amines is 1. The number of rotatable bonds is 8. The summed E-state index contributed by atoms with van der Waals surface area (Å²) >= 11 is 0. The summed E-state index contributed by atoms with van der Waals surface area (Å²) in [6, 6.07) is 13.9. The molecule has 3 rings (SSSR count). The average molecular weight is 395 g/mol. The number of hydrogen-bond acceptors (Lipinski definition) is 2. The van der Waals surface area contributed by atoms with Gasteiger partial charge in [0.1, 0.15) is 5.82 Å². The Kier molecular flexibility index (Phi) is 7.22.